The van der Waals surface area contributed by atoms with Gasteiger partial charge in [-0.15, -0.1) is 0 Å². The van der Waals surface area contributed by atoms with E-state index >= 15 is 0 Å². The molecule has 0 radical (unpaired) electrons. The molecule has 0 aromatic heterocycles. The largest absolute Gasteiger partial charge is 0.284 e. The molecule has 1 atom stereocenters. The molecule has 3 rings (SSSR count). The van der Waals surface area contributed by atoms with Crippen LogP contribution < -0.4 is 5.30 Å². The standard InChI is InChI=1S/C20H15OP/c21-19(16-10-4-1-5-11-16)20(17-12-6-2-7-13-17)22-18-14-8-3-9-15-18/h1-15H/p+1. The highest BCUT2D eigenvalue weighted by atomic mass is 31.1. The van der Waals surface area contributed by atoms with Crippen LogP contribution in [0.5, 0.6) is 0 Å². The van der Waals surface area contributed by atoms with Crippen molar-refractivity contribution in [2.24, 2.45) is 0 Å². The molecule has 3 aromatic rings. The van der Waals surface area contributed by atoms with Crippen LogP contribution in [0.15, 0.2) is 91.0 Å². The fourth-order valence-electron chi connectivity index (χ4n) is 2.26. The van der Waals surface area contributed by atoms with E-state index < -0.39 is 0 Å². The molecular formula is C20H16OP+. The molecule has 1 nitrogen and oxygen atoms in total. The van der Waals surface area contributed by atoms with E-state index in [2.05, 4.69) is 12.1 Å². The minimum Gasteiger partial charge on any atom is -0.284 e. The van der Waals surface area contributed by atoms with Gasteiger partial charge in [0.25, 0.3) is 0 Å². The Morgan fingerprint density at radius 1 is 0.591 bits per heavy atom. The van der Waals surface area contributed by atoms with Crippen molar-refractivity contribution < 1.29 is 4.79 Å². The van der Waals surface area contributed by atoms with Crippen molar-refractivity contribution in [3.8, 4) is 0 Å². The lowest BCUT2D eigenvalue weighted by Crippen LogP contribution is -2.15. The molecule has 0 saturated heterocycles. The second-order valence-corrected chi connectivity index (χ2v) is 6.25. The minimum absolute atomic E-state index is 0.106. The molecular weight excluding hydrogens is 287 g/mol. The fraction of sp³-hybridized carbons (Fsp3) is 0. The number of hydrogen-bond donors (Lipinski definition) is 0. The second-order valence-electron chi connectivity index (χ2n) is 4.93. The Morgan fingerprint density at radius 2 is 1.05 bits per heavy atom. The summed E-state index contributed by atoms with van der Waals surface area (Å²) in [5, 5.41) is 2.03. The molecule has 0 saturated carbocycles. The van der Waals surface area contributed by atoms with Gasteiger partial charge in [-0.3, -0.25) is 4.79 Å². The molecule has 2 heteroatoms. The van der Waals surface area contributed by atoms with Crippen LogP contribution in [-0.4, -0.2) is 11.1 Å². The van der Waals surface area contributed by atoms with Crippen molar-refractivity contribution in [1.29, 1.82) is 0 Å². The number of hydrogen-bond acceptors (Lipinski definition) is 1. The molecule has 0 N–H and O–H groups in total. The molecule has 0 aliphatic rings. The molecule has 1 unspecified atom stereocenters. The highest BCUT2D eigenvalue weighted by Crippen LogP contribution is 2.15. The minimum atomic E-state index is 0.106. The van der Waals surface area contributed by atoms with Gasteiger partial charge >= 0.3 is 0 Å². The molecule has 0 heterocycles. The van der Waals surface area contributed by atoms with Crippen LogP contribution >= 0.6 is 8.20 Å². The molecule has 0 amide bonds. The van der Waals surface area contributed by atoms with Gasteiger partial charge in [-0.05, 0) is 12.1 Å². The smallest absolute Gasteiger partial charge is 0.235 e. The van der Waals surface area contributed by atoms with E-state index in [0.29, 0.717) is 8.20 Å². The molecule has 0 spiro atoms. The van der Waals surface area contributed by atoms with Crippen LogP contribution in [0.3, 0.4) is 0 Å². The van der Waals surface area contributed by atoms with Gasteiger partial charge in [0, 0.05) is 11.1 Å². The van der Waals surface area contributed by atoms with Gasteiger partial charge < -0.3 is 0 Å². The quantitative estimate of drug-likeness (QED) is 0.524. The summed E-state index contributed by atoms with van der Waals surface area (Å²) in [6.45, 7) is 0. The van der Waals surface area contributed by atoms with Crippen LogP contribution in [-0.2, 0) is 0 Å². The summed E-state index contributed by atoms with van der Waals surface area (Å²) < 4.78 is 0. The van der Waals surface area contributed by atoms with E-state index in [1.165, 1.54) is 5.30 Å². The SMILES string of the molecule is O=C(C(=[PH+]c1ccccc1)c1ccccc1)c1ccccc1. The van der Waals surface area contributed by atoms with Crippen molar-refractivity contribution in [1.82, 2.24) is 0 Å². The van der Waals surface area contributed by atoms with Crippen LogP contribution in [0.1, 0.15) is 15.9 Å². The van der Waals surface area contributed by atoms with Gasteiger partial charge in [-0.1, -0.05) is 78.9 Å². The van der Waals surface area contributed by atoms with E-state index in [9.17, 15) is 4.79 Å². The lowest BCUT2D eigenvalue weighted by Gasteiger charge is -2.01. The zero-order valence-corrected chi connectivity index (χ0v) is 13.1. The highest BCUT2D eigenvalue weighted by molar-refractivity contribution is 7.52. The maximum absolute atomic E-state index is 12.9. The van der Waals surface area contributed by atoms with Crippen LogP contribution in [0.2, 0.25) is 0 Å². The summed E-state index contributed by atoms with van der Waals surface area (Å²) in [7, 11) is 0.346. The first-order valence-electron chi connectivity index (χ1n) is 7.19. The molecule has 0 fully saturated rings. The molecule has 3 aromatic carbocycles. The van der Waals surface area contributed by atoms with E-state index in [1.807, 2.05) is 78.9 Å². The summed E-state index contributed by atoms with van der Waals surface area (Å²) in [6.07, 6.45) is 0. The Bertz CT molecular complexity index is 778. The number of carbonyl (C=O) groups excluding carboxylic acids is 1. The average molecular weight is 303 g/mol. The summed E-state index contributed by atoms with van der Waals surface area (Å²) in [4.78, 5) is 12.9. The van der Waals surface area contributed by atoms with Crippen LogP contribution in [0.4, 0.5) is 0 Å². The Labute approximate surface area is 132 Å². The lowest BCUT2D eigenvalue weighted by atomic mass is 10.0. The van der Waals surface area contributed by atoms with Crippen molar-refractivity contribution in [3.63, 3.8) is 0 Å². The molecule has 0 bridgehead atoms. The predicted octanol–water partition coefficient (Wildman–Crippen LogP) is 4.09. The Balaban J connectivity index is 2.08. The lowest BCUT2D eigenvalue weighted by molar-refractivity contribution is 0.106. The van der Waals surface area contributed by atoms with E-state index in [4.69, 9.17) is 0 Å². The Kier molecular flexibility index (Phi) is 4.58. The van der Waals surface area contributed by atoms with E-state index in [1.54, 1.807) is 0 Å². The van der Waals surface area contributed by atoms with Gasteiger partial charge in [0.15, 0.2) is 0 Å². The maximum atomic E-state index is 12.9. The summed E-state index contributed by atoms with van der Waals surface area (Å²) in [6, 6.07) is 29.6. The third kappa shape index (κ3) is 3.39. The third-order valence-electron chi connectivity index (χ3n) is 3.37. The number of Topliss-reactive ketones (excluding diaryl/α,β-unsaturated/α-hetero) is 1. The summed E-state index contributed by atoms with van der Waals surface area (Å²) in [5.74, 6) is 0.106. The highest BCUT2D eigenvalue weighted by Gasteiger charge is 2.21. The van der Waals surface area contributed by atoms with Gasteiger partial charge in [0.2, 0.25) is 11.1 Å². The van der Waals surface area contributed by atoms with E-state index in [0.717, 1.165) is 16.4 Å². The molecule has 0 aliphatic heterocycles. The first-order chi connectivity index (χ1) is 10.8. The summed E-state index contributed by atoms with van der Waals surface area (Å²) >= 11 is 0. The number of carbonyl (C=O) groups is 1. The van der Waals surface area contributed by atoms with Crippen molar-refractivity contribution in [2.75, 3.05) is 0 Å². The van der Waals surface area contributed by atoms with Crippen LogP contribution in [0.25, 0.3) is 0 Å². The van der Waals surface area contributed by atoms with Crippen LogP contribution in [0, 0.1) is 0 Å². The first kappa shape index (κ1) is 14.4. The Morgan fingerprint density at radius 3 is 1.59 bits per heavy atom. The monoisotopic (exact) mass is 303 g/mol. The number of ketones is 1. The average Bonchev–Trinajstić information content (AvgIpc) is 2.61. The molecule has 22 heavy (non-hydrogen) atoms. The van der Waals surface area contributed by atoms with Gasteiger partial charge in [0.05, 0.1) is 0 Å². The van der Waals surface area contributed by atoms with Crippen molar-refractivity contribution in [2.45, 2.75) is 0 Å². The van der Waals surface area contributed by atoms with Crippen molar-refractivity contribution in [3.05, 3.63) is 102 Å². The Hall–Kier alpha value is -2.50. The third-order valence-corrected chi connectivity index (χ3v) is 4.76. The van der Waals surface area contributed by atoms with E-state index in [-0.39, 0.29) is 5.78 Å². The zero-order chi connectivity index (χ0) is 15.2. The first-order valence-corrected chi connectivity index (χ1v) is 8.19. The van der Waals surface area contributed by atoms with Gasteiger partial charge in [0.1, 0.15) is 13.5 Å². The molecule has 0 aliphatic carbocycles. The zero-order valence-electron chi connectivity index (χ0n) is 12.1. The number of rotatable bonds is 4. The van der Waals surface area contributed by atoms with Gasteiger partial charge in [-0.25, -0.2) is 0 Å². The summed E-state index contributed by atoms with van der Waals surface area (Å²) in [5.41, 5.74) is 1.74. The molecule has 106 valence electrons. The second kappa shape index (κ2) is 6.98. The predicted molar refractivity (Wildman–Crippen MR) is 95.7 cm³/mol. The van der Waals surface area contributed by atoms with Crippen molar-refractivity contribution >= 4 is 24.6 Å². The maximum Gasteiger partial charge on any atom is 0.235 e. The van der Waals surface area contributed by atoms with Gasteiger partial charge in [-0.2, -0.15) is 0 Å². The number of benzene rings is 3. The topological polar surface area (TPSA) is 17.1 Å². The fourth-order valence-corrected chi connectivity index (χ4v) is 3.48. The normalized spacial score (nSPS) is 11.2.